The van der Waals surface area contributed by atoms with E-state index >= 15 is 0 Å². The third-order valence-electron chi connectivity index (χ3n) is 5.40. The second-order valence-electron chi connectivity index (χ2n) is 7.48. The van der Waals surface area contributed by atoms with Crippen molar-refractivity contribution in [2.24, 2.45) is 0 Å². The number of H-pyrrole nitrogens is 2. The van der Waals surface area contributed by atoms with Gasteiger partial charge in [-0.05, 0) is 43.3 Å². The number of aromatic nitrogens is 6. The van der Waals surface area contributed by atoms with Gasteiger partial charge in [-0.25, -0.2) is 9.97 Å². The number of methoxy groups -OCH3 is 1. The average molecular weight is 439 g/mol. The van der Waals surface area contributed by atoms with Crippen molar-refractivity contribution < 1.29 is 4.74 Å². The lowest BCUT2D eigenvalue weighted by Gasteiger charge is -2.03. The molecule has 2 N–H and O–H groups in total. The van der Waals surface area contributed by atoms with Crippen molar-refractivity contribution in [1.82, 2.24) is 30.1 Å². The van der Waals surface area contributed by atoms with E-state index in [0.29, 0.717) is 17.3 Å². The van der Waals surface area contributed by atoms with Crippen LogP contribution in [0.1, 0.15) is 4.88 Å². The molecule has 8 heteroatoms. The van der Waals surface area contributed by atoms with E-state index in [4.69, 9.17) is 14.7 Å². The van der Waals surface area contributed by atoms with Crippen LogP contribution in [-0.2, 0) is 0 Å². The van der Waals surface area contributed by atoms with Gasteiger partial charge in [0.1, 0.15) is 11.3 Å². The molecule has 0 bridgehead atoms. The normalized spacial score (nSPS) is 11.4. The Morgan fingerprint density at radius 1 is 0.938 bits per heavy atom. The molecule has 0 radical (unpaired) electrons. The van der Waals surface area contributed by atoms with Gasteiger partial charge in [0, 0.05) is 27.1 Å². The first-order valence-corrected chi connectivity index (χ1v) is 10.9. The number of aromatic amines is 2. The maximum atomic E-state index is 5.30. The Labute approximate surface area is 187 Å². The molecule has 6 rings (SSSR count). The van der Waals surface area contributed by atoms with Crippen molar-refractivity contribution in [2.75, 3.05) is 7.11 Å². The van der Waals surface area contributed by atoms with E-state index in [2.05, 4.69) is 45.3 Å². The minimum Gasteiger partial charge on any atom is -0.495 e. The number of pyridine rings is 2. The molecule has 1 aromatic carbocycles. The first kappa shape index (κ1) is 18.7. The maximum Gasteiger partial charge on any atom is 0.161 e. The largest absolute Gasteiger partial charge is 0.495 e. The first-order chi connectivity index (χ1) is 15.7. The monoisotopic (exact) mass is 438 g/mol. The van der Waals surface area contributed by atoms with E-state index in [1.54, 1.807) is 30.8 Å². The number of imidazole rings is 1. The van der Waals surface area contributed by atoms with Crippen LogP contribution in [-0.4, -0.2) is 37.2 Å². The molecule has 5 heterocycles. The Balaban J connectivity index is 1.49. The van der Waals surface area contributed by atoms with Gasteiger partial charge in [0.25, 0.3) is 0 Å². The van der Waals surface area contributed by atoms with Gasteiger partial charge in [-0.2, -0.15) is 5.10 Å². The molecule has 0 saturated carbocycles. The highest BCUT2D eigenvalue weighted by Gasteiger charge is 2.17. The van der Waals surface area contributed by atoms with E-state index in [0.717, 1.165) is 38.9 Å². The van der Waals surface area contributed by atoms with Gasteiger partial charge in [-0.15, -0.1) is 11.3 Å². The number of nitrogens with one attached hydrogen (secondary N) is 2. The molecule has 32 heavy (non-hydrogen) atoms. The van der Waals surface area contributed by atoms with Crippen LogP contribution in [0.4, 0.5) is 0 Å². The van der Waals surface area contributed by atoms with E-state index in [1.165, 1.54) is 9.75 Å². The van der Waals surface area contributed by atoms with Crippen molar-refractivity contribution in [2.45, 2.75) is 6.92 Å². The van der Waals surface area contributed by atoms with Gasteiger partial charge >= 0.3 is 0 Å². The van der Waals surface area contributed by atoms with E-state index in [1.807, 2.05) is 30.3 Å². The quantitative estimate of drug-likeness (QED) is 0.373. The zero-order chi connectivity index (χ0) is 21.7. The number of hydrogen-bond donors (Lipinski definition) is 2. The molecule has 0 spiro atoms. The number of rotatable bonds is 4. The van der Waals surface area contributed by atoms with Crippen LogP contribution in [0.15, 0.2) is 60.9 Å². The van der Waals surface area contributed by atoms with Crippen molar-refractivity contribution >= 4 is 33.4 Å². The van der Waals surface area contributed by atoms with Crippen LogP contribution in [0.5, 0.6) is 5.75 Å². The van der Waals surface area contributed by atoms with Crippen molar-refractivity contribution in [3.63, 3.8) is 0 Å². The predicted octanol–water partition coefficient (Wildman–Crippen LogP) is 5.61. The zero-order valence-electron chi connectivity index (χ0n) is 17.4. The van der Waals surface area contributed by atoms with Crippen molar-refractivity contribution in [1.29, 1.82) is 0 Å². The molecule has 0 saturated heterocycles. The lowest BCUT2D eigenvalue weighted by Crippen LogP contribution is -1.89. The summed E-state index contributed by atoms with van der Waals surface area (Å²) in [5.74, 6) is 1.37. The molecule has 0 fully saturated rings. The fraction of sp³-hybridized carbons (Fsp3) is 0.0833. The standard InChI is InChI=1S/C24H18N6OS/c1-13-6-9-20(32-13)16-4-3-5-18-21(16)28-24(27-18)23-22-19(29-30-23)8-7-17(26-22)14-10-15(31-2)12-25-11-14/h3-12H,1-2H3,(H,27,28)(H,29,30). The summed E-state index contributed by atoms with van der Waals surface area (Å²) >= 11 is 1.76. The maximum absolute atomic E-state index is 5.30. The predicted molar refractivity (Wildman–Crippen MR) is 127 cm³/mol. The van der Waals surface area contributed by atoms with Gasteiger partial charge in [0.15, 0.2) is 11.5 Å². The fourth-order valence-corrected chi connectivity index (χ4v) is 4.71. The molecular formula is C24H18N6OS. The average Bonchev–Trinajstić information content (AvgIpc) is 3.55. The SMILES string of the molecule is COc1cncc(-c2ccc3[nH]nc(-c4nc5c(-c6ccc(C)s6)cccc5[nH]4)c3n2)c1. The summed E-state index contributed by atoms with van der Waals surface area (Å²) in [6, 6.07) is 16.3. The lowest BCUT2D eigenvalue weighted by molar-refractivity contribution is 0.413. The van der Waals surface area contributed by atoms with Gasteiger partial charge in [-0.1, -0.05) is 12.1 Å². The van der Waals surface area contributed by atoms with E-state index in [-0.39, 0.29) is 0 Å². The molecule has 0 unspecified atom stereocenters. The minimum atomic E-state index is 0.681. The zero-order valence-corrected chi connectivity index (χ0v) is 18.2. The van der Waals surface area contributed by atoms with Gasteiger partial charge < -0.3 is 9.72 Å². The van der Waals surface area contributed by atoms with Crippen LogP contribution in [0.25, 0.3) is 55.3 Å². The van der Waals surface area contributed by atoms with Crippen LogP contribution >= 0.6 is 11.3 Å². The number of para-hydroxylation sites is 1. The van der Waals surface area contributed by atoms with Crippen molar-refractivity contribution in [3.8, 4) is 39.0 Å². The smallest absolute Gasteiger partial charge is 0.161 e. The fourth-order valence-electron chi connectivity index (χ4n) is 3.82. The molecule has 7 nitrogen and oxygen atoms in total. The number of thiophene rings is 1. The second-order valence-corrected chi connectivity index (χ2v) is 8.76. The van der Waals surface area contributed by atoms with Crippen LogP contribution < -0.4 is 4.74 Å². The van der Waals surface area contributed by atoms with E-state index in [9.17, 15) is 0 Å². The summed E-state index contributed by atoms with van der Waals surface area (Å²) in [5.41, 5.74) is 6.94. The molecule has 0 amide bonds. The number of fused-ring (bicyclic) bond motifs is 2. The Hall–Kier alpha value is -4.04. The number of hydrogen-bond acceptors (Lipinski definition) is 6. The lowest BCUT2D eigenvalue weighted by atomic mass is 10.1. The Kier molecular flexibility index (Phi) is 4.26. The Morgan fingerprint density at radius 2 is 1.88 bits per heavy atom. The van der Waals surface area contributed by atoms with Crippen molar-refractivity contribution in [3.05, 3.63) is 65.8 Å². The molecule has 0 aliphatic rings. The third-order valence-corrected chi connectivity index (χ3v) is 6.43. The summed E-state index contributed by atoms with van der Waals surface area (Å²) in [7, 11) is 1.62. The number of benzene rings is 1. The Morgan fingerprint density at radius 3 is 2.72 bits per heavy atom. The second kappa shape index (κ2) is 7.28. The molecule has 6 aromatic rings. The molecule has 0 aliphatic heterocycles. The highest BCUT2D eigenvalue weighted by Crippen LogP contribution is 2.34. The number of ether oxygens (including phenoxy) is 1. The summed E-state index contributed by atoms with van der Waals surface area (Å²) in [4.78, 5) is 19.9. The summed E-state index contributed by atoms with van der Waals surface area (Å²) < 4.78 is 5.30. The highest BCUT2D eigenvalue weighted by atomic mass is 32.1. The summed E-state index contributed by atoms with van der Waals surface area (Å²) in [5, 5.41) is 7.59. The third kappa shape index (κ3) is 3.04. The molecule has 0 aliphatic carbocycles. The van der Waals surface area contributed by atoms with E-state index < -0.39 is 0 Å². The molecular weight excluding hydrogens is 420 g/mol. The first-order valence-electron chi connectivity index (χ1n) is 10.1. The number of aryl methyl sites for hydroxylation is 1. The molecule has 0 atom stereocenters. The number of nitrogens with zero attached hydrogens (tertiary/aromatic N) is 4. The molecule has 156 valence electrons. The summed E-state index contributed by atoms with van der Waals surface area (Å²) in [6.45, 7) is 2.11. The summed E-state index contributed by atoms with van der Waals surface area (Å²) in [6.07, 6.45) is 3.44. The van der Waals surface area contributed by atoms with Gasteiger partial charge in [0.05, 0.1) is 35.6 Å². The minimum absolute atomic E-state index is 0.681. The van der Waals surface area contributed by atoms with Crippen LogP contribution in [0.2, 0.25) is 0 Å². The van der Waals surface area contributed by atoms with Gasteiger partial charge in [-0.3, -0.25) is 10.1 Å². The molecule has 5 aromatic heterocycles. The van der Waals surface area contributed by atoms with Crippen LogP contribution in [0.3, 0.4) is 0 Å². The highest BCUT2D eigenvalue weighted by molar-refractivity contribution is 7.15. The van der Waals surface area contributed by atoms with Crippen LogP contribution in [0, 0.1) is 6.92 Å². The Bertz CT molecular complexity index is 1600. The van der Waals surface area contributed by atoms with Gasteiger partial charge in [0.2, 0.25) is 0 Å². The topological polar surface area (TPSA) is 92.4 Å².